The Morgan fingerprint density at radius 1 is 0.931 bits per heavy atom. The fourth-order valence-corrected chi connectivity index (χ4v) is 3.49. The Morgan fingerprint density at radius 2 is 1.62 bits per heavy atom. The number of carbonyl (C=O) groups excluding carboxylic acids is 2. The molecular formula is C23H22N2O4. The van der Waals surface area contributed by atoms with E-state index in [0.29, 0.717) is 36.5 Å². The van der Waals surface area contributed by atoms with Gasteiger partial charge in [-0.05, 0) is 60.7 Å². The van der Waals surface area contributed by atoms with E-state index >= 15 is 0 Å². The first-order chi connectivity index (χ1) is 14.2. The van der Waals surface area contributed by atoms with Crippen LogP contribution in [0.15, 0.2) is 65.1 Å². The van der Waals surface area contributed by atoms with Crippen LogP contribution in [0.25, 0.3) is 11.3 Å². The Bertz CT molecular complexity index is 984. The second kappa shape index (κ2) is 8.22. The maximum absolute atomic E-state index is 12.7. The van der Waals surface area contributed by atoms with Crippen molar-refractivity contribution in [2.75, 3.05) is 38.2 Å². The van der Waals surface area contributed by atoms with Gasteiger partial charge >= 0.3 is 0 Å². The third-order valence-electron chi connectivity index (χ3n) is 5.16. The molecule has 0 bridgehead atoms. The lowest BCUT2D eigenvalue weighted by molar-refractivity contribution is 0.0746. The van der Waals surface area contributed by atoms with E-state index in [-0.39, 0.29) is 5.91 Å². The van der Waals surface area contributed by atoms with Crippen LogP contribution in [0.5, 0.6) is 5.75 Å². The van der Waals surface area contributed by atoms with Crippen LogP contribution in [-0.4, -0.2) is 50.4 Å². The van der Waals surface area contributed by atoms with E-state index in [1.54, 1.807) is 31.4 Å². The van der Waals surface area contributed by atoms with E-state index in [2.05, 4.69) is 4.90 Å². The van der Waals surface area contributed by atoms with E-state index in [1.165, 1.54) is 0 Å². The van der Waals surface area contributed by atoms with Gasteiger partial charge in [-0.1, -0.05) is 0 Å². The van der Waals surface area contributed by atoms with Gasteiger partial charge in [-0.3, -0.25) is 9.59 Å². The van der Waals surface area contributed by atoms with Crippen molar-refractivity contribution in [1.29, 1.82) is 0 Å². The zero-order valence-corrected chi connectivity index (χ0v) is 16.2. The van der Waals surface area contributed by atoms with E-state index in [1.807, 2.05) is 41.3 Å². The number of anilines is 1. The number of nitrogens with zero attached hydrogens (tertiary/aromatic N) is 2. The summed E-state index contributed by atoms with van der Waals surface area (Å²) in [6.45, 7) is 2.90. The second-order valence-electron chi connectivity index (χ2n) is 6.87. The lowest BCUT2D eigenvalue weighted by atomic mass is 10.1. The molecule has 1 aromatic heterocycles. The highest BCUT2D eigenvalue weighted by atomic mass is 16.5. The average Bonchev–Trinajstić information content (AvgIpc) is 3.28. The molecule has 4 rings (SSSR count). The summed E-state index contributed by atoms with van der Waals surface area (Å²) >= 11 is 0. The lowest BCUT2D eigenvalue weighted by Gasteiger charge is -2.36. The Morgan fingerprint density at radius 3 is 2.21 bits per heavy atom. The number of furan rings is 1. The number of hydrogen-bond donors (Lipinski definition) is 0. The van der Waals surface area contributed by atoms with Gasteiger partial charge in [0.15, 0.2) is 12.0 Å². The smallest absolute Gasteiger partial charge is 0.253 e. The molecule has 1 amide bonds. The predicted octanol–water partition coefficient (Wildman–Crippen LogP) is 3.73. The number of ether oxygens (including phenoxy) is 1. The normalized spacial score (nSPS) is 14.0. The van der Waals surface area contributed by atoms with Crippen LogP contribution >= 0.6 is 0 Å². The number of benzene rings is 2. The van der Waals surface area contributed by atoms with E-state index in [9.17, 15) is 9.59 Å². The summed E-state index contributed by atoms with van der Waals surface area (Å²) in [6, 6.07) is 18.7. The fraction of sp³-hybridized carbons (Fsp3) is 0.217. The van der Waals surface area contributed by atoms with Crippen molar-refractivity contribution in [3.05, 3.63) is 72.0 Å². The molecule has 6 heteroatoms. The molecule has 0 aliphatic carbocycles. The summed E-state index contributed by atoms with van der Waals surface area (Å²) in [5.74, 6) is 1.79. The first-order valence-electron chi connectivity index (χ1n) is 9.51. The summed E-state index contributed by atoms with van der Waals surface area (Å²) in [6.07, 6.45) is 0.699. The number of hydrogen-bond acceptors (Lipinski definition) is 5. The monoisotopic (exact) mass is 390 g/mol. The second-order valence-corrected chi connectivity index (χ2v) is 6.87. The summed E-state index contributed by atoms with van der Waals surface area (Å²) < 4.78 is 10.6. The number of amides is 1. The molecular weight excluding hydrogens is 368 g/mol. The quantitative estimate of drug-likeness (QED) is 0.621. The molecule has 1 fully saturated rings. The van der Waals surface area contributed by atoms with Crippen molar-refractivity contribution in [1.82, 2.24) is 4.90 Å². The summed E-state index contributed by atoms with van der Waals surface area (Å²) in [5.41, 5.74) is 2.71. The fourth-order valence-electron chi connectivity index (χ4n) is 3.49. The molecule has 2 heterocycles. The van der Waals surface area contributed by atoms with E-state index < -0.39 is 0 Å². The largest absolute Gasteiger partial charge is 0.497 e. The molecule has 0 N–H and O–H groups in total. The van der Waals surface area contributed by atoms with Crippen LogP contribution in [0.4, 0.5) is 5.69 Å². The molecule has 1 aliphatic heterocycles. The first-order valence-corrected chi connectivity index (χ1v) is 9.51. The highest BCUT2D eigenvalue weighted by Crippen LogP contribution is 2.25. The van der Waals surface area contributed by atoms with Gasteiger partial charge in [0, 0.05) is 43.0 Å². The minimum Gasteiger partial charge on any atom is -0.497 e. The Labute approximate surface area is 169 Å². The Kier molecular flexibility index (Phi) is 5.33. The minimum absolute atomic E-state index is 0.0476. The van der Waals surface area contributed by atoms with Crippen LogP contribution in [0, 0.1) is 0 Å². The van der Waals surface area contributed by atoms with Crippen LogP contribution in [0.2, 0.25) is 0 Å². The number of piperazine rings is 1. The van der Waals surface area contributed by atoms with Crippen molar-refractivity contribution in [2.24, 2.45) is 0 Å². The maximum Gasteiger partial charge on any atom is 0.253 e. The summed E-state index contributed by atoms with van der Waals surface area (Å²) in [4.78, 5) is 27.6. The molecule has 0 radical (unpaired) electrons. The van der Waals surface area contributed by atoms with Gasteiger partial charge in [0.2, 0.25) is 0 Å². The average molecular weight is 390 g/mol. The SMILES string of the molecule is COc1ccc(C(=O)N2CCN(c3ccc(-c4ccc(C=O)o4)cc3)CC2)cc1. The molecule has 1 aliphatic rings. The highest BCUT2D eigenvalue weighted by Gasteiger charge is 2.22. The summed E-state index contributed by atoms with van der Waals surface area (Å²) in [5, 5.41) is 0. The van der Waals surface area contributed by atoms with Gasteiger partial charge in [-0.25, -0.2) is 0 Å². The van der Waals surface area contributed by atoms with Gasteiger partial charge < -0.3 is 19.0 Å². The van der Waals surface area contributed by atoms with Crippen molar-refractivity contribution < 1.29 is 18.7 Å². The predicted molar refractivity (Wildman–Crippen MR) is 111 cm³/mol. The number of rotatable bonds is 5. The molecule has 0 atom stereocenters. The van der Waals surface area contributed by atoms with E-state index in [4.69, 9.17) is 9.15 Å². The third kappa shape index (κ3) is 4.01. The van der Waals surface area contributed by atoms with Gasteiger partial charge in [0.05, 0.1) is 7.11 Å². The maximum atomic E-state index is 12.7. The Hall–Kier alpha value is -3.54. The molecule has 3 aromatic rings. The zero-order valence-electron chi connectivity index (χ0n) is 16.2. The minimum atomic E-state index is 0.0476. The van der Waals surface area contributed by atoms with Gasteiger partial charge in [-0.15, -0.1) is 0 Å². The third-order valence-corrected chi connectivity index (χ3v) is 5.16. The van der Waals surface area contributed by atoms with Crippen LogP contribution in [0.1, 0.15) is 20.9 Å². The first kappa shape index (κ1) is 18.8. The molecule has 1 saturated heterocycles. The standard InChI is InChI=1S/C23H22N2O4/c1-28-20-8-4-18(5-9-20)23(27)25-14-12-24(13-15-25)19-6-2-17(3-7-19)22-11-10-21(16-26)29-22/h2-11,16H,12-15H2,1H3. The molecule has 148 valence electrons. The van der Waals surface area contributed by atoms with Crippen LogP contribution < -0.4 is 9.64 Å². The van der Waals surface area contributed by atoms with Crippen molar-refractivity contribution in [3.63, 3.8) is 0 Å². The zero-order chi connectivity index (χ0) is 20.2. The number of aldehydes is 1. The van der Waals surface area contributed by atoms with Gasteiger partial charge in [0.25, 0.3) is 5.91 Å². The Balaban J connectivity index is 1.37. The highest BCUT2D eigenvalue weighted by molar-refractivity contribution is 5.94. The molecule has 0 saturated carbocycles. The van der Waals surface area contributed by atoms with Crippen molar-refractivity contribution in [3.8, 4) is 17.1 Å². The molecule has 0 spiro atoms. The number of carbonyl (C=O) groups is 2. The molecule has 29 heavy (non-hydrogen) atoms. The van der Waals surface area contributed by atoms with Crippen LogP contribution in [0.3, 0.4) is 0 Å². The van der Waals surface area contributed by atoms with E-state index in [0.717, 1.165) is 30.1 Å². The topological polar surface area (TPSA) is 63.0 Å². The molecule has 6 nitrogen and oxygen atoms in total. The van der Waals surface area contributed by atoms with Crippen molar-refractivity contribution >= 4 is 17.9 Å². The van der Waals surface area contributed by atoms with Gasteiger partial charge in [0.1, 0.15) is 11.5 Å². The summed E-state index contributed by atoms with van der Waals surface area (Å²) in [7, 11) is 1.61. The van der Waals surface area contributed by atoms with Crippen molar-refractivity contribution in [2.45, 2.75) is 0 Å². The molecule has 2 aromatic carbocycles. The molecule has 0 unspecified atom stereocenters. The number of methoxy groups -OCH3 is 1. The lowest BCUT2D eigenvalue weighted by Crippen LogP contribution is -2.48. The van der Waals surface area contributed by atoms with Gasteiger partial charge in [-0.2, -0.15) is 0 Å². The van der Waals surface area contributed by atoms with Crippen LogP contribution in [-0.2, 0) is 0 Å².